The van der Waals surface area contributed by atoms with Crippen molar-refractivity contribution in [1.82, 2.24) is 4.98 Å². The summed E-state index contributed by atoms with van der Waals surface area (Å²) in [5.74, 6) is -0.624. The molecule has 10 nitrogen and oxygen atoms in total. The molecule has 1 aliphatic carbocycles. The fraction of sp³-hybridized carbons (Fsp3) is 0.345. The fourth-order valence-electron chi connectivity index (χ4n) is 5.38. The predicted molar refractivity (Wildman–Crippen MR) is 159 cm³/mol. The Hall–Kier alpha value is -3.93. The normalized spacial score (nSPS) is 19.5. The number of nitrogens with zero attached hydrogens (tertiary/aromatic N) is 2. The lowest BCUT2D eigenvalue weighted by atomic mass is 9.91. The Morgan fingerprint density at radius 1 is 1.10 bits per heavy atom. The molecule has 2 aliphatic rings. The minimum atomic E-state index is -0.624. The third kappa shape index (κ3) is 5.40. The number of hydrogen-bond donors (Lipinski definition) is 4. The molecule has 0 bridgehead atoms. The number of nitrogens with two attached hydrogens (primary N) is 2. The molecular weight excluding hydrogens is 528 g/mol. The summed E-state index contributed by atoms with van der Waals surface area (Å²) in [4.78, 5) is 31.6. The van der Waals surface area contributed by atoms with Gasteiger partial charge in [-0.3, -0.25) is 9.59 Å². The zero-order valence-corrected chi connectivity index (χ0v) is 22.8. The van der Waals surface area contributed by atoms with Crippen molar-refractivity contribution in [2.24, 2.45) is 11.5 Å². The third-order valence-corrected chi connectivity index (χ3v) is 8.69. The number of furan rings is 1. The van der Waals surface area contributed by atoms with Crippen LogP contribution in [0.3, 0.4) is 0 Å². The zero-order chi connectivity index (χ0) is 27.6. The van der Waals surface area contributed by atoms with Gasteiger partial charge in [0.05, 0.1) is 40.5 Å². The van der Waals surface area contributed by atoms with Crippen LogP contribution in [0, 0.1) is 0 Å². The second kappa shape index (κ2) is 11.3. The molecule has 208 valence electrons. The third-order valence-electron chi connectivity index (χ3n) is 7.50. The molecule has 4 aromatic rings. The molecular formula is C29H32N6O4S. The summed E-state index contributed by atoms with van der Waals surface area (Å²) in [6, 6.07) is 11.4. The molecule has 1 amide bonds. The van der Waals surface area contributed by atoms with Crippen LogP contribution in [0.1, 0.15) is 36.2 Å². The van der Waals surface area contributed by atoms with Crippen LogP contribution in [0.2, 0.25) is 0 Å². The molecule has 3 aromatic heterocycles. The topological polar surface area (TPSA) is 149 Å². The summed E-state index contributed by atoms with van der Waals surface area (Å²) in [5, 5.41) is 7.70. The van der Waals surface area contributed by atoms with E-state index in [1.807, 2.05) is 30.3 Å². The van der Waals surface area contributed by atoms with E-state index in [9.17, 15) is 9.59 Å². The van der Waals surface area contributed by atoms with Crippen LogP contribution < -0.4 is 32.4 Å². The van der Waals surface area contributed by atoms with Crippen molar-refractivity contribution in [1.29, 1.82) is 0 Å². The zero-order valence-electron chi connectivity index (χ0n) is 22.0. The quantitative estimate of drug-likeness (QED) is 0.260. The highest BCUT2D eigenvalue weighted by Crippen LogP contribution is 2.37. The summed E-state index contributed by atoms with van der Waals surface area (Å²) in [6.07, 6.45) is 7.48. The summed E-state index contributed by atoms with van der Waals surface area (Å²) < 4.78 is 12.0. The van der Waals surface area contributed by atoms with Crippen molar-refractivity contribution in [3.63, 3.8) is 0 Å². The minimum absolute atomic E-state index is 0.0712. The highest BCUT2D eigenvalue weighted by Gasteiger charge is 2.23. The number of hydrogen-bond acceptors (Lipinski definition) is 10. The van der Waals surface area contributed by atoms with Crippen molar-refractivity contribution in [2.45, 2.75) is 37.8 Å². The Kier molecular flexibility index (Phi) is 7.42. The number of anilines is 4. The lowest BCUT2D eigenvalue weighted by Gasteiger charge is -2.30. The fourth-order valence-corrected chi connectivity index (χ4v) is 6.58. The average molecular weight is 561 g/mol. The first-order valence-corrected chi connectivity index (χ1v) is 14.4. The van der Waals surface area contributed by atoms with Gasteiger partial charge in [0.25, 0.3) is 5.91 Å². The number of primary amides is 1. The van der Waals surface area contributed by atoms with Crippen LogP contribution in [0.25, 0.3) is 21.4 Å². The molecule has 1 saturated heterocycles. The number of aromatic nitrogens is 1. The van der Waals surface area contributed by atoms with E-state index < -0.39 is 5.91 Å². The van der Waals surface area contributed by atoms with E-state index in [1.165, 1.54) is 11.3 Å². The van der Waals surface area contributed by atoms with Crippen molar-refractivity contribution in [3.05, 3.63) is 64.8 Å². The van der Waals surface area contributed by atoms with Crippen molar-refractivity contribution >= 4 is 49.6 Å². The number of rotatable bonds is 7. The Labute approximate surface area is 235 Å². The molecule has 0 spiro atoms. The van der Waals surface area contributed by atoms with E-state index in [0.717, 1.165) is 71.0 Å². The Morgan fingerprint density at radius 3 is 2.73 bits per heavy atom. The van der Waals surface area contributed by atoms with Gasteiger partial charge in [0.2, 0.25) is 5.43 Å². The predicted octanol–water partition coefficient (Wildman–Crippen LogP) is 4.28. The summed E-state index contributed by atoms with van der Waals surface area (Å²) in [7, 11) is 0. The maximum atomic E-state index is 12.9. The van der Waals surface area contributed by atoms with Gasteiger partial charge in [-0.1, -0.05) is 25.0 Å². The number of benzene rings is 1. The van der Waals surface area contributed by atoms with Gasteiger partial charge >= 0.3 is 0 Å². The molecule has 0 unspecified atom stereocenters. The number of ether oxygens (including phenoxy) is 1. The van der Waals surface area contributed by atoms with Crippen molar-refractivity contribution < 1.29 is 13.9 Å². The van der Waals surface area contributed by atoms with Crippen LogP contribution in [0.15, 0.2) is 58.1 Å². The van der Waals surface area contributed by atoms with Gasteiger partial charge in [-0.25, -0.2) is 4.98 Å². The molecule has 4 heterocycles. The SMILES string of the molecule is NC(=O)c1ncc(N[C@H]2CCCC[C@H]2N)cc1Nc1cccc(-c2coc3c(=O)cc(N4CCOCC4)sc23)c1. The number of carbonyl (C=O) groups is 1. The Balaban J connectivity index is 1.31. The van der Waals surface area contributed by atoms with Gasteiger partial charge in [0.1, 0.15) is 6.26 Å². The van der Waals surface area contributed by atoms with Gasteiger partial charge < -0.3 is 36.2 Å². The Morgan fingerprint density at radius 2 is 1.93 bits per heavy atom. The second-order valence-corrected chi connectivity index (χ2v) is 11.3. The minimum Gasteiger partial charge on any atom is -0.459 e. The smallest absolute Gasteiger partial charge is 0.269 e. The van der Waals surface area contributed by atoms with Crippen LogP contribution >= 0.6 is 11.3 Å². The largest absolute Gasteiger partial charge is 0.459 e. The van der Waals surface area contributed by atoms with Crippen molar-refractivity contribution in [2.75, 3.05) is 41.8 Å². The van der Waals surface area contributed by atoms with Gasteiger partial charge in [-0.15, -0.1) is 11.3 Å². The van der Waals surface area contributed by atoms with E-state index in [1.54, 1.807) is 18.5 Å². The summed E-state index contributed by atoms with van der Waals surface area (Å²) in [5.41, 5.74) is 16.0. The monoisotopic (exact) mass is 560 g/mol. The first kappa shape index (κ1) is 26.3. The van der Waals surface area contributed by atoms with Crippen LogP contribution in [0.4, 0.5) is 22.1 Å². The van der Waals surface area contributed by atoms with Gasteiger partial charge in [-0.05, 0) is 36.6 Å². The van der Waals surface area contributed by atoms with Gasteiger partial charge in [0.15, 0.2) is 11.3 Å². The number of nitrogens with one attached hydrogen (secondary N) is 2. The average Bonchev–Trinajstić information content (AvgIpc) is 3.40. The molecule has 1 aromatic carbocycles. The van der Waals surface area contributed by atoms with E-state index >= 15 is 0 Å². The first-order chi connectivity index (χ1) is 19.5. The van der Waals surface area contributed by atoms with Gasteiger partial charge in [0, 0.05) is 42.5 Å². The van der Waals surface area contributed by atoms with E-state index in [0.29, 0.717) is 24.5 Å². The molecule has 1 aliphatic heterocycles. The standard InChI is InChI=1S/C29H32N6O4S/c30-21-6-1-2-7-22(21)34-19-13-23(26(29(31)37)32-15-19)33-18-5-3-4-17(12-18)20-16-39-27-24(36)14-25(40-28(20)27)35-8-10-38-11-9-35/h3-5,12-16,21-22,33-34H,1-2,6-11,30H2,(H2,31,37)/t21-,22+/m1/s1. The summed E-state index contributed by atoms with van der Waals surface area (Å²) >= 11 is 1.54. The van der Waals surface area contributed by atoms with Crippen LogP contribution in [-0.2, 0) is 4.74 Å². The number of amides is 1. The van der Waals surface area contributed by atoms with Crippen LogP contribution in [0.5, 0.6) is 0 Å². The molecule has 11 heteroatoms. The van der Waals surface area contributed by atoms with E-state index in [2.05, 4.69) is 20.5 Å². The maximum Gasteiger partial charge on any atom is 0.269 e. The Bertz CT molecular complexity index is 1600. The molecule has 1 saturated carbocycles. The molecule has 2 atom stereocenters. The van der Waals surface area contributed by atoms with E-state index in [-0.39, 0.29) is 23.2 Å². The molecule has 0 radical (unpaired) electrons. The molecule has 6 rings (SSSR count). The second-order valence-electron chi connectivity index (χ2n) is 10.2. The molecule has 40 heavy (non-hydrogen) atoms. The lowest BCUT2D eigenvalue weighted by Crippen LogP contribution is -2.42. The highest BCUT2D eigenvalue weighted by molar-refractivity contribution is 7.22. The van der Waals surface area contributed by atoms with E-state index in [4.69, 9.17) is 20.6 Å². The number of fused-ring (bicyclic) bond motifs is 1. The summed E-state index contributed by atoms with van der Waals surface area (Å²) in [6.45, 7) is 2.75. The number of pyridine rings is 1. The lowest BCUT2D eigenvalue weighted by molar-refractivity contribution is 0.0996. The number of carbonyl (C=O) groups excluding carboxylic acids is 1. The first-order valence-electron chi connectivity index (χ1n) is 13.5. The highest BCUT2D eigenvalue weighted by atomic mass is 32.1. The van der Waals surface area contributed by atoms with Crippen molar-refractivity contribution in [3.8, 4) is 11.1 Å². The number of morpholine rings is 1. The molecule has 2 fully saturated rings. The van der Waals surface area contributed by atoms with Gasteiger partial charge in [-0.2, -0.15) is 0 Å². The maximum absolute atomic E-state index is 12.9. The van der Waals surface area contributed by atoms with Crippen LogP contribution in [-0.4, -0.2) is 49.3 Å². The molecule has 6 N–H and O–H groups in total.